The van der Waals surface area contributed by atoms with Gasteiger partial charge in [-0.05, 0) is 41.9 Å². The Morgan fingerprint density at radius 3 is 2.37 bits per heavy atom. The summed E-state index contributed by atoms with van der Waals surface area (Å²) in [6.45, 7) is 2.21. The van der Waals surface area contributed by atoms with Crippen molar-refractivity contribution in [3.8, 4) is 0 Å². The van der Waals surface area contributed by atoms with Crippen LogP contribution in [0.25, 0.3) is 0 Å². The third kappa shape index (κ3) is 7.76. The van der Waals surface area contributed by atoms with Crippen LogP contribution in [-0.4, -0.2) is 23.7 Å². The number of aromatic nitrogens is 1. The van der Waals surface area contributed by atoms with E-state index in [2.05, 4.69) is 25.7 Å². The van der Waals surface area contributed by atoms with Crippen LogP contribution in [0.3, 0.4) is 0 Å². The third-order valence-electron chi connectivity index (χ3n) is 1.82. The summed E-state index contributed by atoms with van der Waals surface area (Å²) in [7, 11) is 0. The summed E-state index contributed by atoms with van der Waals surface area (Å²) < 4.78 is 52.0. The molecule has 108 valence electrons. The van der Waals surface area contributed by atoms with E-state index in [1.165, 1.54) is 13.0 Å². The van der Waals surface area contributed by atoms with E-state index in [-0.39, 0.29) is 12.4 Å². The maximum atomic E-state index is 12.0. The van der Waals surface area contributed by atoms with Crippen molar-refractivity contribution in [1.82, 2.24) is 4.98 Å². The molecule has 0 aliphatic heterocycles. The number of hydrogen-bond donors (Lipinski definition) is 0. The first-order valence-corrected chi connectivity index (χ1v) is 5.98. The van der Waals surface area contributed by atoms with E-state index in [1.54, 1.807) is 6.07 Å². The lowest BCUT2D eigenvalue weighted by Crippen LogP contribution is -2.29. The Hall–Kier alpha value is -1.18. The molecular formula is C11H12BrF4NO2. The number of nitrogens with zero attached hydrogens (tertiary/aromatic N) is 1. The fourth-order valence-corrected chi connectivity index (χ4v) is 0.993. The van der Waals surface area contributed by atoms with Gasteiger partial charge in [-0.25, -0.2) is 9.37 Å². The van der Waals surface area contributed by atoms with Crippen LogP contribution >= 0.6 is 15.9 Å². The minimum Gasteiger partial charge on any atom is -0.466 e. The first kappa shape index (κ1) is 17.8. The molecule has 0 bridgehead atoms. The van der Waals surface area contributed by atoms with Gasteiger partial charge in [0.05, 0.1) is 12.8 Å². The molecule has 0 N–H and O–H groups in total. The van der Waals surface area contributed by atoms with Gasteiger partial charge in [0.25, 0.3) is 0 Å². The third-order valence-corrected chi connectivity index (χ3v) is 2.29. The van der Waals surface area contributed by atoms with Crippen LogP contribution in [0.5, 0.6) is 0 Å². The highest BCUT2D eigenvalue weighted by atomic mass is 79.9. The maximum Gasteiger partial charge on any atom is 0.401 e. The second kappa shape index (κ2) is 8.08. The lowest BCUT2D eigenvalue weighted by molar-refractivity contribution is -0.193. The summed E-state index contributed by atoms with van der Waals surface area (Å²) in [6, 6.07) is 2.90. The van der Waals surface area contributed by atoms with Crippen molar-refractivity contribution in [2.75, 3.05) is 6.61 Å². The van der Waals surface area contributed by atoms with Crippen LogP contribution in [0.4, 0.5) is 17.6 Å². The van der Waals surface area contributed by atoms with Crippen molar-refractivity contribution in [2.24, 2.45) is 5.92 Å². The zero-order valence-electron chi connectivity index (χ0n) is 10.2. The molecule has 0 aliphatic carbocycles. The summed E-state index contributed by atoms with van der Waals surface area (Å²) >= 11 is 3.07. The summed E-state index contributed by atoms with van der Waals surface area (Å²) in [5.41, 5.74) is 0. The van der Waals surface area contributed by atoms with Crippen molar-refractivity contribution in [2.45, 2.75) is 20.0 Å². The Morgan fingerprint density at radius 1 is 1.47 bits per heavy atom. The van der Waals surface area contributed by atoms with Crippen molar-refractivity contribution in [3.05, 3.63) is 28.7 Å². The molecule has 1 aromatic heterocycles. The largest absolute Gasteiger partial charge is 0.466 e. The molecule has 1 rings (SSSR count). The molecular weight excluding hydrogens is 334 g/mol. The molecule has 0 spiro atoms. The highest BCUT2D eigenvalue weighted by Crippen LogP contribution is 2.26. The average Bonchev–Trinajstić information content (AvgIpc) is 2.32. The van der Waals surface area contributed by atoms with E-state index >= 15 is 0 Å². The number of alkyl halides is 3. The Kier molecular flexibility index (Phi) is 7.58. The number of carbonyl (C=O) groups excluding carboxylic acids is 1. The van der Waals surface area contributed by atoms with Crippen LogP contribution in [0, 0.1) is 11.7 Å². The molecule has 3 nitrogen and oxygen atoms in total. The SMILES string of the molecule is CCOC(=O)C(C)C(F)(F)F.Fc1ccc(Br)nc1. The summed E-state index contributed by atoms with van der Waals surface area (Å²) in [5.74, 6) is -3.56. The van der Waals surface area contributed by atoms with Gasteiger partial charge in [0.1, 0.15) is 16.3 Å². The Labute approximate surface area is 116 Å². The van der Waals surface area contributed by atoms with Gasteiger partial charge in [0.2, 0.25) is 0 Å². The highest BCUT2D eigenvalue weighted by molar-refractivity contribution is 9.10. The van der Waals surface area contributed by atoms with E-state index in [4.69, 9.17) is 0 Å². The van der Waals surface area contributed by atoms with Gasteiger partial charge in [-0.2, -0.15) is 13.2 Å². The van der Waals surface area contributed by atoms with Gasteiger partial charge in [-0.1, -0.05) is 0 Å². The highest BCUT2D eigenvalue weighted by Gasteiger charge is 2.42. The molecule has 19 heavy (non-hydrogen) atoms. The molecule has 1 heterocycles. The average molecular weight is 346 g/mol. The molecule has 0 fully saturated rings. The monoisotopic (exact) mass is 345 g/mol. The molecule has 1 aromatic rings. The van der Waals surface area contributed by atoms with Crippen molar-refractivity contribution in [1.29, 1.82) is 0 Å². The maximum absolute atomic E-state index is 12.0. The minimum absolute atomic E-state index is 0.0285. The first-order valence-electron chi connectivity index (χ1n) is 5.18. The zero-order valence-corrected chi connectivity index (χ0v) is 11.8. The normalized spacial score (nSPS) is 12.2. The predicted molar refractivity (Wildman–Crippen MR) is 63.7 cm³/mol. The smallest absolute Gasteiger partial charge is 0.401 e. The fraction of sp³-hybridized carbons (Fsp3) is 0.455. The topological polar surface area (TPSA) is 39.2 Å². The zero-order chi connectivity index (χ0) is 15.1. The summed E-state index contributed by atoms with van der Waals surface area (Å²) in [5, 5.41) is 0. The van der Waals surface area contributed by atoms with E-state index in [1.807, 2.05) is 0 Å². The van der Waals surface area contributed by atoms with E-state index in [9.17, 15) is 22.4 Å². The van der Waals surface area contributed by atoms with Crippen LogP contribution < -0.4 is 0 Å². The van der Waals surface area contributed by atoms with Gasteiger partial charge in [0.15, 0.2) is 0 Å². The van der Waals surface area contributed by atoms with Gasteiger partial charge >= 0.3 is 12.1 Å². The van der Waals surface area contributed by atoms with Gasteiger partial charge < -0.3 is 4.74 Å². The molecule has 0 aliphatic rings. The number of pyridine rings is 1. The van der Waals surface area contributed by atoms with E-state index < -0.39 is 18.1 Å². The predicted octanol–water partition coefficient (Wildman–Crippen LogP) is 3.73. The van der Waals surface area contributed by atoms with Crippen LogP contribution in [0.2, 0.25) is 0 Å². The molecule has 0 saturated carbocycles. The molecule has 0 aromatic carbocycles. The van der Waals surface area contributed by atoms with Crippen molar-refractivity contribution >= 4 is 21.9 Å². The van der Waals surface area contributed by atoms with Crippen molar-refractivity contribution < 1.29 is 27.1 Å². The molecule has 0 saturated heterocycles. The Morgan fingerprint density at radius 2 is 2.05 bits per heavy atom. The lowest BCUT2D eigenvalue weighted by Gasteiger charge is -2.13. The fourth-order valence-electron chi connectivity index (χ4n) is 0.759. The number of halogens is 5. The number of rotatable bonds is 2. The molecule has 1 atom stereocenters. The van der Waals surface area contributed by atoms with Gasteiger partial charge in [-0.3, -0.25) is 4.79 Å². The van der Waals surface area contributed by atoms with Gasteiger partial charge in [0, 0.05) is 0 Å². The molecule has 1 unspecified atom stereocenters. The summed E-state index contributed by atoms with van der Waals surface area (Å²) in [4.78, 5) is 14.1. The first-order chi connectivity index (χ1) is 8.68. The van der Waals surface area contributed by atoms with Crippen molar-refractivity contribution in [3.63, 3.8) is 0 Å². The molecule has 0 radical (unpaired) electrons. The lowest BCUT2D eigenvalue weighted by atomic mass is 10.2. The van der Waals surface area contributed by atoms with Crippen LogP contribution in [0.1, 0.15) is 13.8 Å². The number of ether oxygens (including phenoxy) is 1. The number of esters is 1. The second-order valence-corrected chi connectivity index (χ2v) is 4.13. The molecule has 8 heteroatoms. The van der Waals surface area contributed by atoms with Gasteiger partial charge in [-0.15, -0.1) is 0 Å². The van der Waals surface area contributed by atoms with Crippen LogP contribution in [0.15, 0.2) is 22.9 Å². The molecule has 0 amide bonds. The number of hydrogen-bond acceptors (Lipinski definition) is 3. The standard InChI is InChI=1S/C6H9F3O2.C5H3BrFN/c1-3-11-5(10)4(2)6(7,8)9;6-5-2-1-4(7)3-8-5/h4H,3H2,1-2H3;1-3H. The summed E-state index contributed by atoms with van der Waals surface area (Å²) in [6.07, 6.45) is -3.34. The number of carbonyl (C=O) groups is 1. The quantitative estimate of drug-likeness (QED) is 0.465. The Bertz CT molecular complexity index is 374. The van der Waals surface area contributed by atoms with E-state index in [0.717, 1.165) is 13.1 Å². The Balaban J connectivity index is 0.000000356. The minimum atomic E-state index is -4.49. The van der Waals surface area contributed by atoms with Crippen LogP contribution in [-0.2, 0) is 9.53 Å². The second-order valence-electron chi connectivity index (χ2n) is 3.31. The van der Waals surface area contributed by atoms with E-state index in [0.29, 0.717) is 4.60 Å².